The number of hydrogen-bond acceptors (Lipinski definition) is 6. The van der Waals surface area contributed by atoms with Gasteiger partial charge in [0, 0.05) is 19.6 Å². The van der Waals surface area contributed by atoms with E-state index in [1.807, 2.05) is 18.2 Å². The van der Waals surface area contributed by atoms with Crippen LogP contribution < -0.4 is 16.0 Å². The monoisotopic (exact) mass is 465 g/mol. The number of ether oxygens (including phenoxy) is 3. The van der Waals surface area contributed by atoms with Crippen molar-refractivity contribution < 1.29 is 28.6 Å². The van der Waals surface area contributed by atoms with Gasteiger partial charge in [-0.25, -0.2) is 14.4 Å². The van der Waals surface area contributed by atoms with Gasteiger partial charge in [-0.15, -0.1) is 0 Å². The number of carbonyl (C=O) groups is 3. The van der Waals surface area contributed by atoms with Gasteiger partial charge in [0.25, 0.3) is 0 Å². The average molecular weight is 466 g/mol. The summed E-state index contributed by atoms with van der Waals surface area (Å²) in [7, 11) is 0. The quantitative estimate of drug-likeness (QED) is 0.522. The van der Waals surface area contributed by atoms with Crippen molar-refractivity contribution in [1.29, 1.82) is 0 Å². The molecular weight excluding hydrogens is 426 g/mol. The fourth-order valence-electron chi connectivity index (χ4n) is 2.61. The highest BCUT2D eigenvalue weighted by Gasteiger charge is 2.18. The molecule has 1 aromatic rings. The van der Waals surface area contributed by atoms with Gasteiger partial charge in [-0.05, 0) is 79.0 Å². The maximum absolute atomic E-state index is 12.0. The molecule has 0 heterocycles. The van der Waals surface area contributed by atoms with Gasteiger partial charge in [0.15, 0.2) is 0 Å². The third-order valence-electron chi connectivity index (χ3n) is 3.62. The molecule has 9 nitrogen and oxygen atoms in total. The lowest BCUT2D eigenvalue weighted by atomic mass is 10.1. The lowest BCUT2D eigenvalue weighted by molar-refractivity contribution is 0.0513. The predicted octanol–water partition coefficient (Wildman–Crippen LogP) is 4.76. The molecule has 0 saturated carbocycles. The molecule has 0 aromatic heterocycles. The summed E-state index contributed by atoms with van der Waals surface area (Å²) in [5.41, 5.74) is 0.532. The number of hydrogen-bond donors (Lipinski definition) is 3. The second kappa shape index (κ2) is 11.2. The molecule has 0 atom stereocenters. The first-order valence-electron chi connectivity index (χ1n) is 10.9. The molecule has 3 amide bonds. The molecular formula is C24H39N3O6. The van der Waals surface area contributed by atoms with Gasteiger partial charge < -0.3 is 30.2 Å². The zero-order valence-corrected chi connectivity index (χ0v) is 21.3. The van der Waals surface area contributed by atoms with Gasteiger partial charge in [-0.1, -0.05) is 18.2 Å². The van der Waals surface area contributed by atoms with Crippen molar-refractivity contribution in [3.63, 3.8) is 0 Å². The van der Waals surface area contributed by atoms with Crippen molar-refractivity contribution in [3.8, 4) is 0 Å². The molecule has 33 heavy (non-hydrogen) atoms. The van der Waals surface area contributed by atoms with Crippen LogP contribution in [0.1, 0.15) is 79.0 Å². The largest absolute Gasteiger partial charge is 0.444 e. The highest BCUT2D eigenvalue weighted by atomic mass is 16.6. The van der Waals surface area contributed by atoms with E-state index in [-0.39, 0.29) is 19.6 Å². The van der Waals surface area contributed by atoms with Crippen molar-refractivity contribution >= 4 is 18.3 Å². The summed E-state index contributed by atoms with van der Waals surface area (Å²) in [5.74, 6) is 0. The Bertz CT molecular complexity index is 710. The predicted molar refractivity (Wildman–Crippen MR) is 126 cm³/mol. The third kappa shape index (κ3) is 13.9. The van der Waals surface area contributed by atoms with Gasteiger partial charge >= 0.3 is 18.3 Å². The number of amides is 3. The molecule has 0 spiro atoms. The normalized spacial score (nSPS) is 11.9. The first-order chi connectivity index (χ1) is 14.9. The Morgan fingerprint density at radius 2 is 0.758 bits per heavy atom. The minimum Gasteiger partial charge on any atom is -0.444 e. The Balaban J connectivity index is 2.91. The first-order valence-corrected chi connectivity index (χ1v) is 10.9. The molecule has 0 bridgehead atoms. The van der Waals surface area contributed by atoms with E-state index in [4.69, 9.17) is 14.2 Å². The van der Waals surface area contributed by atoms with Crippen molar-refractivity contribution in [1.82, 2.24) is 16.0 Å². The van der Waals surface area contributed by atoms with Crippen molar-refractivity contribution in [3.05, 3.63) is 34.9 Å². The molecule has 0 aliphatic carbocycles. The number of rotatable bonds is 6. The van der Waals surface area contributed by atoms with Gasteiger partial charge in [-0.2, -0.15) is 0 Å². The van der Waals surface area contributed by atoms with Crippen LogP contribution in [0, 0.1) is 0 Å². The fourth-order valence-corrected chi connectivity index (χ4v) is 2.61. The van der Waals surface area contributed by atoms with E-state index < -0.39 is 35.1 Å². The number of benzene rings is 1. The molecule has 0 unspecified atom stereocenters. The molecule has 0 saturated heterocycles. The van der Waals surface area contributed by atoms with Crippen LogP contribution in [0.15, 0.2) is 18.2 Å². The second-order valence-corrected chi connectivity index (χ2v) is 10.7. The van der Waals surface area contributed by atoms with Crippen LogP contribution in [0.5, 0.6) is 0 Å². The summed E-state index contributed by atoms with van der Waals surface area (Å²) in [6.07, 6.45) is -1.60. The number of nitrogens with one attached hydrogen (secondary N) is 3. The van der Waals surface area contributed by atoms with E-state index in [1.54, 1.807) is 62.3 Å². The van der Waals surface area contributed by atoms with Crippen LogP contribution in [0.3, 0.4) is 0 Å². The highest BCUT2D eigenvalue weighted by Crippen LogP contribution is 2.14. The molecule has 1 aromatic carbocycles. The van der Waals surface area contributed by atoms with Gasteiger partial charge in [0.1, 0.15) is 16.8 Å². The van der Waals surface area contributed by atoms with Gasteiger partial charge in [-0.3, -0.25) is 0 Å². The number of alkyl carbamates (subject to hydrolysis) is 3. The minimum absolute atomic E-state index is 0.217. The molecule has 3 N–H and O–H groups in total. The lowest BCUT2D eigenvalue weighted by Gasteiger charge is -2.21. The molecule has 186 valence electrons. The van der Waals surface area contributed by atoms with E-state index in [9.17, 15) is 14.4 Å². The van der Waals surface area contributed by atoms with Crippen LogP contribution in [-0.2, 0) is 33.8 Å². The van der Waals surface area contributed by atoms with Crippen LogP contribution >= 0.6 is 0 Å². The van der Waals surface area contributed by atoms with Crippen LogP contribution in [-0.4, -0.2) is 35.1 Å². The summed E-state index contributed by atoms with van der Waals surface area (Å²) in [6.45, 7) is 16.7. The molecule has 0 aliphatic heterocycles. The molecule has 0 radical (unpaired) electrons. The first kappa shape index (κ1) is 28.1. The van der Waals surface area contributed by atoms with Gasteiger partial charge in [0.05, 0.1) is 0 Å². The second-order valence-electron chi connectivity index (χ2n) is 10.7. The summed E-state index contributed by atoms with van der Waals surface area (Å²) in [4.78, 5) is 36.1. The zero-order chi connectivity index (χ0) is 25.4. The summed E-state index contributed by atoms with van der Waals surface area (Å²) < 4.78 is 15.8. The maximum atomic E-state index is 12.0. The Morgan fingerprint density at radius 1 is 0.545 bits per heavy atom. The zero-order valence-electron chi connectivity index (χ0n) is 21.3. The van der Waals surface area contributed by atoms with E-state index in [1.165, 1.54) is 0 Å². The SMILES string of the molecule is CC(C)(C)OC(=O)NCc1cc(CNC(=O)OC(C)(C)C)cc(CNC(=O)OC(C)(C)C)c1. The summed E-state index contributed by atoms with van der Waals surface area (Å²) >= 11 is 0. The fraction of sp³-hybridized carbons (Fsp3) is 0.625. The molecule has 0 aliphatic rings. The van der Waals surface area contributed by atoms with Crippen LogP contribution in [0.4, 0.5) is 14.4 Å². The third-order valence-corrected chi connectivity index (χ3v) is 3.62. The van der Waals surface area contributed by atoms with E-state index in [2.05, 4.69) is 16.0 Å². The Hall–Kier alpha value is -2.97. The molecule has 1 rings (SSSR count). The van der Waals surface area contributed by atoms with Gasteiger partial charge in [0.2, 0.25) is 0 Å². The molecule has 0 fully saturated rings. The standard InChI is InChI=1S/C24H39N3O6/c1-22(2,3)31-19(28)25-13-16-10-17(14-26-20(29)32-23(4,5)6)12-18(11-16)15-27-21(30)33-24(7,8)9/h10-12H,13-15H2,1-9H3,(H,25,28)(H,26,29)(H,27,30). The Kier molecular flexibility index (Phi) is 9.57. The Labute approximate surface area is 196 Å². The number of carbonyl (C=O) groups excluding carboxylic acids is 3. The van der Waals surface area contributed by atoms with Crippen LogP contribution in [0.25, 0.3) is 0 Å². The average Bonchev–Trinajstić information content (AvgIpc) is 2.59. The Morgan fingerprint density at radius 3 is 0.939 bits per heavy atom. The molecule has 9 heteroatoms. The van der Waals surface area contributed by atoms with Crippen molar-refractivity contribution in [2.24, 2.45) is 0 Å². The van der Waals surface area contributed by atoms with E-state index in [0.29, 0.717) is 0 Å². The van der Waals surface area contributed by atoms with Crippen molar-refractivity contribution in [2.75, 3.05) is 0 Å². The van der Waals surface area contributed by atoms with E-state index in [0.717, 1.165) is 16.7 Å². The van der Waals surface area contributed by atoms with E-state index >= 15 is 0 Å². The van der Waals surface area contributed by atoms with Crippen molar-refractivity contribution in [2.45, 2.75) is 98.8 Å². The summed E-state index contributed by atoms with van der Waals surface area (Å²) in [5, 5.41) is 8.15. The smallest absolute Gasteiger partial charge is 0.407 e. The summed E-state index contributed by atoms with van der Waals surface area (Å²) in [6, 6.07) is 5.56. The highest BCUT2D eigenvalue weighted by molar-refractivity contribution is 5.69. The minimum atomic E-state index is -0.605. The lowest BCUT2D eigenvalue weighted by Crippen LogP contribution is -2.33. The maximum Gasteiger partial charge on any atom is 0.407 e. The van der Waals surface area contributed by atoms with Crippen LogP contribution in [0.2, 0.25) is 0 Å². The topological polar surface area (TPSA) is 115 Å².